The van der Waals surface area contributed by atoms with Crippen LogP contribution in [0.15, 0.2) is 62.7 Å². The van der Waals surface area contributed by atoms with Crippen molar-refractivity contribution in [2.24, 2.45) is 5.10 Å². The van der Waals surface area contributed by atoms with Gasteiger partial charge < -0.3 is 8.83 Å². The van der Waals surface area contributed by atoms with Crippen LogP contribution in [0.5, 0.6) is 0 Å². The Bertz CT molecular complexity index is 693. The van der Waals surface area contributed by atoms with Crippen LogP contribution >= 0.6 is 0 Å². The molecule has 1 amide bonds. The molecule has 0 bridgehead atoms. The lowest BCUT2D eigenvalue weighted by molar-refractivity contribution is 0.0929. The van der Waals surface area contributed by atoms with E-state index in [9.17, 15) is 4.79 Å². The smallest absolute Gasteiger partial charge is 0.307 e. The van der Waals surface area contributed by atoms with Gasteiger partial charge in [0.15, 0.2) is 5.76 Å². The van der Waals surface area contributed by atoms with Crippen LogP contribution in [0.25, 0.3) is 11.0 Å². The zero-order valence-electron chi connectivity index (χ0n) is 9.87. The number of nitrogens with zero attached hydrogens (tertiary/aromatic N) is 1. The van der Waals surface area contributed by atoms with Crippen molar-refractivity contribution in [3.63, 3.8) is 0 Å². The van der Waals surface area contributed by atoms with Crippen molar-refractivity contribution in [1.82, 2.24) is 5.43 Å². The summed E-state index contributed by atoms with van der Waals surface area (Å²) in [5.41, 5.74) is 3.04. The topological polar surface area (TPSA) is 67.7 Å². The lowest BCUT2D eigenvalue weighted by atomic mass is 10.2. The fraction of sp³-hybridized carbons (Fsp3) is 0. The molecule has 3 rings (SSSR count). The van der Waals surface area contributed by atoms with E-state index in [4.69, 9.17) is 8.83 Å². The average Bonchev–Trinajstić information content (AvgIpc) is 3.07. The van der Waals surface area contributed by atoms with E-state index in [1.165, 1.54) is 12.5 Å². The first-order chi connectivity index (χ1) is 9.33. The van der Waals surface area contributed by atoms with Gasteiger partial charge >= 0.3 is 5.91 Å². The van der Waals surface area contributed by atoms with E-state index >= 15 is 0 Å². The molecule has 0 unspecified atom stereocenters. The monoisotopic (exact) mass is 254 g/mol. The first-order valence-electron chi connectivity index (χ1n) is 5.68. The molecule has 0 aliphatic heterocycles. The fourth-order valence-electron chi connectivity index (χ4n) is 1.67. The van der Waals surface area contributed by atoms with Crippen LogP contribution in [0.3, 0.4) is 0 Å². The molecular weight excluding hydrogens is 244 g/mol. The van der Waals surface area contributed by atoms with Crippen LogP contribution in [-0.2, 0) is 0 Å². The molecule has 0 aliphatic carbocycles. The number of amides is 1. The SMILES string of the molecule is O=C(N/N=C\c1ccco1)c1cc2ccccc2o1. The summed E-state index contributed by atoms with van der Waals surface area (Å²) in [7, 11) is 0. The highest BCUT2D eigenvalue weighted by atomic mass is 16.3. The molecule has 0 aliphatic rings. The molecule has 19 heavy (non-hydrogen) atoms. The number of nitrogens with one attached hydrogen (secondary N) is 1. The molecule has 1 N–H and O–H groups in total. The molecule has 3 aromatic rings. The number of benzene rings is 1. The van der Waals surface area contributed by atoms with Gasteiger partial charge in [-0.2, -0.15) is 5.10 Å². The summed E-state index contributed by atoms with van der Waals surface area (Å²) >= 11 is 0. The van der Waals surface area contributed by atoms with Crippen molar-refractivity contribution in [2.45, 2.75) is 0 Å². The Hall–Kier alpha value is -2.82. The summed E-state index contributed by atoms with van der Waals surface area (Å²) in [5, 5.41) is 4.66. The summed E-state index contributed by atoms with van der Waals surface area (Å²) < 4.78 is 10.5. The maximum absolute atomic E-state index is 11.8. The Balaban J connectivity index is 1.73. The lowest BCUT2D eigenvalue weighted by Crippen LogP contribution is -2.16. The predicted octanol–water partition coefficient (Wildman–Crippen LogP) is 2.79. The molecule has 0 fully saturated rings. The summed E-state index contributed by atoms with van der Waals surface area (Å²) in [6.45, 7) is 0. The first-order valence-corrected chi connectivity index (χ1v) is 5.68. The molecular formula is C14H10N2O3. The molecule has 5 heteroatoms. The minimum absolute atomic E-state index is 0.220. The van der Waals surface area contributed by atoms with Gasteiger partial charge in [0, 0.05) is 5.39 Å². The summed E-state index contributed by atoms with van der Waals surface area (Å²) in [5.74, 6) is 0.377. The van der Waals surface area contributed by atoms with Crippen LogP contribution in [0.2, 0.25) is 0 Å². The number of fused-ring (bicyclic) bond motifs is 1. The second kappa shape index (κ2) is 4.81. The normalized spacial score (nSPS) is 11.2. The number of hydrogen-bond donors (Lipinski definition) is 1. The van der Waals surface area contributed by atoms with Crippen molar-refractivity contribution in [3.8, 4) is 0 Å². The summed E-state index contributed by atoms with van der Waals surface area (Å²) in [6, 6.07) is 12.6. The van der Waals surface area contributed by atoms with E-state index in [1.54, 1.807) is 24.3 Å². The van der Waals surface area contributed by atoms with Gasteiger partial charge in [-0.3, -0.25) is 4.79 Å². The van der Waals surface area contributed by atoms with Gasteiger partial charge in [-0.05, 0) is 24.3 Å². The second-order valence-electron chi connectivity index (χ2n) is 3.86. The zero-order chi connectivity index (χ0) is 13.1. The molecule has 0 saturated heterocycles. The van der Waals surface area contributed by atoms with Gasteiger partial charge in [0.1, 0.15) is 11.3 Å². The zero-order valence-corrected chi connectivity index (χ0v) is 9.87. The van der Waals surface area contributed by atoms with Crippen LogP contribution < -0.4 is 5.43 Å². The predicted molar refractivity (Wildman–Crippen MR) is 70.0 cm³/mol. The maximum atomic E-state index is 11.8. The van der Waals surface area contributed by atoms with Gasteiger partial charge in [-0.1, -0.05) is 18.2 Å². The van der Waals surface area contributed by atoms with E-state index in [2.05, 4.69) is 10.5 Å². The highest BCUT2D eigenvalue weighted by molar-refractivity contribution is 5.96. The summed E-state index contributed by atoms with van der Waals surface area (Å²) in [6.07, 6.45) is 2.95. The Morgan fingerprint density at radius 2 is 2.11 bits per heavy atom. The van der Waals surface area contributed by atoms with Crippen LogP contribution in [0.4, 0.5) is 0 Å². The van der Waals surface area contributed by atoms with E-state index in [0.717, 1.165) is 5.39 Å². The molecule has 0 radical (unpaired) electrons. The number of carbonyl (C=O) groups is 1. The summed E-state index contributed by atoms with van der Waals surface area (Å²) in [4.78, 5) is 11.8. The second-order valence-corrected chi connectivity index (χ2v) is 3.86. The Morgan fingerprint density at radius 3 is 2.89 bits per heavy atom. The van der Waals surface area contributed by atoms with Crippen molar-refractivity contribution in [1.29, 1.82) is 0 Å². The quantitative estimate of drug-likeness (QED) is 0.577. The van der Waals surface area contributed by atoms with Gasteiger partial charge in [0.2, 0.25) is 0 Å². The van der Waals surface area contributed by atoms with Crippen molar-refractivity contribution < 1.29 is 13.6 Å². The molecule has 2 aromatic heterocycles. The minimum Gasteiger partial charge on any atom is -0.463 e. The Labute approximate surface area is 108 Å². The standard InChI is InChI=1S/C14H10N2O3/c17-14(16-15-9-11-5-3-7-18-11)13-8-10-4-1-2-6-12(10)19-13/h1-9H,(H,16,17)/b15-9-. The molecule has 2 heterocycles. The van der Waals surface area contributed by atoms with E-state index in [1.807, 2.05) is 18.2 Å². The van der Waals surface area contributed by atoms with Gasteiger partial charge in [-0.25, -0.2) is 5.43 Å². The Morgan fingerprint density at radius 1 is 1.21 bits per heavy atom. The maximum Gasteiger partial charge on any atom is 0.307 e. The lowest BCUT2D eigenvalue weighted by Gasteiger charge is -1.93. The first kappa shape index (κ1) is 11.3. The third kappa shape index (κ3) is 2.40. The van der Waals surface area contributed by atoms with Crippen molar-refractivity contribution in [3.05, 3.63) is 60.2 Å². The van der Waals surface area contributed by atoms with Gasteiger partial charge in [0.25, 0.3) is 0 Å². The largest absolute Gasteiger partial charge is 0.463 e. The Kier molecular flexibility index (Phi) is 2.86. The number of hydrogen-bond acceptors (Lipinski definition) is 4. The van der Waals surface area contributed by atoms with E-state index in [0.29, 0.717) is 11.3 Å². The number of furan rings is 2. The van der Waals surface area contributed by atoms with E-state index < -0.39 is 5.91 Å². The highest BCUT2D eigenvalue weighted by Gasteiger charge is 2.10. The number of rotatable bonds is 3. The van der Waals surface area contributed by atoms with Crippen LogP contribution in [0.1, 0.15) is 16.3 Å². The van der Waals surface area contributed by atoms with Gasteiger partial charge in [0.05, 0.1) is 12.5 Å². The average molecular weight is 254 g/mol. The minimum atomic E-state index is -0.404. The molecule has 5 nitrogen and oxygen atoms in total. The third-order valence-electron chi connectivity index (χ3n) is 2.55. The molecule has 0 spiro atoms. The number of para-hydroxylation sites is 1. The van der Waals surface area contributed by atoms with Gasteiger partial charge in [-0.15, -0.1) is 0 Å². The van der Waals surface area contributed by atoms with Crippen molar-refractivity contribution >= 4 is 23.1 Å². The van der Waals surface area contributed by atoms with Crippen LogP contribution in [-0.4, -0.2) is 12.1 Å². The van der Waals surface area contributed by atoms with Crippen LogP contribution in [0, 0.1) is 0 Å². The molecule has 1 aromatic carbocycles. The number of hydrazone groups is 1. The number of carbonyl (C=O) groups excluding carboxylic acids is 1. The molecule has 0 saturated carbocycles. The fourth-order valence-corrected chi connectivity index (χ4v) is 1.67. The third-order valence-corrected chi connectivity index (χ3v) is 2.55. The van der Waals surface area contributed by atoms with E-state index in [-0.39, 0.29) is 5.76 Å². The molecule has 94 valence electrons. The van der Waals surface area contributed by atoms with Crippen molar-refractivity contribution in [2.75, 3.05) is 0 Å². The molecule has 0 atom stereocenters. The highest BCUT2D eigenvalue weighted by Crippen LogP contribution is 2.18.